The van der Waals surface area contributed by atoms with Gasteiger partial charge in [-0.05, 0) is 56.6 Å². The van der Waals surface area contributed by atoms with Crippen LogP contribution in [0.2, 0.25) is 0 Å². The summed E-state index contributed by atoms with van der Waals surface area (Å²) in [5.41, 5.74) is 8.75. The fourth-order valence-electron chi connectivity index (χ4n) is 4.46. The Kier molecular flexibility index (Phi) is 6.67. The largest absolute Gasteiger partial charge is 0.437 e. The molecule has 194 valence electrons. The number of rotatable bonds is 11. The minimum Gasteiger partial charge on any atom is -0.437 e. The Bertz CT molecular complexity index is 1530. The summed E-state index contributed by atoms with van der Waals surface area (Å²) in [5.74, 6) is 1.08. The van der Waals surface area contributed by atoms with Crippen molar-refractivity contribution in [3.63, 3.8) is 0 Å². The van der Waals surface area contributed by atoms with E-state index in [2.05, 4.69) is 20.6 Å². The van der Waals surface area contributed by atoms with Crippen LogP contribution in [0, 0.1) is 12.8 Å². The maximum atomic E-state index is 12.9. The van der Waals surface area contributed by atoms with Crippen LogP contribution in [0.3, 0.4) is 0 Å². The van der Waals surface area contributed by atoms with E-state index in [1.807, 2.05) is 37.3 Å². The number of unbranched alkanes of at least 4 members (excludes halogenated alkanes) is 1. The van der Waals surface area contributed by atoms with Crippen molar-refractivity contribution in [1.29, 1.82) is 0 Å². The third kappa shape index (κ3) is 5.48. The molecule has 12 heteroatoms. The van der Waals surface area contributed by atoms with Crippen molar-refractivity contribution in [3.8, 4) is 11.3 Å². The predicted molar refractivity (Wildman–Crippen MR) is 138 cm³/mol. The molecule has 0 saturated heterocycles. The summed E-state index contributed by atoms with van der Waals surface area (Å²) >= 11 is 0. The Hall–Kier alpha value is -3.80. The third-order valence-corrected chi connectivity index (χ3v) is 7.70. The first kappa shape index (κ1) is 24.9. The monoisotopic (exact) mass is 523 g/mol. The van der Waals surface area contributed by atoms with Crippen molar-refractivity contribution in [3.05, 3.63) is 52.8 Å². The van der Waals surface area contributed by atoms with Gasteiger partial charge in [-0.3, -0.25) is 9.10 Å². The van der Waals surface area contributed by atoms with Gasteiger partial charge in [0.25, 0.3) is 5.91 Å². The Morgan fingerprint density at radius 1 is 1.22 bits per heavy atom. The summed E-state index contributed by atoms with van der Waals surface area (Å²) in [6.07, 6.45) is 5.81. The van der Waals surface area contributed by atoms with Gasteiger partial charge in [-0.25, -0.2) is 8.42 Å². The molecule has 5 rings (SSSR count). The van der Waals surface area contributed by atoms with Crippen LogP contribution in [0.15, 0.2) is 34.7 Å². The normalized spacial score (nSPS) is 13.8. The molecule has 3 heterocycles. The highest BCUT2D eigenvalue weighted by Crippen LogP contribution is 2.39. The first-order valence-corrected chi connectivity index (χ1v) is 14.1. The lowest BCUT2D eigenvalue weighted by Gasteiger charge is -2.24. The number of aromatic nitrogens is 5. The second kappa shape index (κ2) is 9.92. The molecule has 1 aromatic carbocycles. The van der Waals surface area contributed by atoms with Crippen LogP contribution in [0.5, 0.6) is 0 Å². The number of amides is 1. The Labute approximate surface area is 214 Å². The number of benzene rings is 1. The minimum absolute atomic E-state index is 0.180. The van der Waals surface area contributed by atoms with E-state index in [9.17, 15) is 13.2 Å². The number of nitrogens with one attached hydrogen (secondary N) is 1. The average molecular weight is 524 g/mol. The van der Waals surface area contributed by atoms with Crippen molar-refractivity contribution in [2.24, 2.45) is 11.7 Å². The fourth-order valence-corrected chi connectivity index (χ4v) is 5.40. The number of primary amides is 1. The number of carbonyl (C=O) groups is 1. The molecule has 1 fully saturated rings. The van der Waals surface area contributed by atoms with Gasteiger partial charge in [0.1, 0.15) is 11.6 Å². The van der Waals surface area contributed by atoms with E-state index in [1.165, 1.54) is 10.6 Å². The van der Waals surface area contributed by atoms with Gasteiger partial charge in [-0.2, -0.15) is 10.2 Å². The standard InChI is InChI=1S/C25H29N7O4S/c1-15-6-10-17(11-7-15)22-21(23(26)33)19-14-18(13-16-8-9-16)24(27-25(19)36-22)32(37(2,34)35)12-4-3-5-20-28-30-31-29-20/h6-7,10-11,14,16H,3-5,8-9,12-13H2,1-2H3,(H2,26,33)(H,28,29,30,31). The van der Waals surface area contributed by atoms with Crippen LogP contribution in [0.1, 0.15) is 53.0 Å². The van der Waals surface area contributed by atoms with Crippen molar-refractivity contribution in [2.45, 2.75) is 45.4 Å². The van der Waals surface area contributed by atoms with E-state index in [4.69, 9.17) is 15.1 Å². The number of furan rings is 1. The van der Waals surface area contributed by atoms with Crippen LogP contribution in [0.4, 0.5) is 5.82 Å². The molecule has 1 aliphatic carbocycles. The predicted octanol–water partition coefficient (Wildman–Crippen LogP) is 3.16. The molecule has 1 aliphatic rings. The highest BCUT2D eigenvalue weighted by molar-refractivity contribution is 7.92. The minimum atomic E-state index is -3.65. The van der Waals surface area contributed by atoms with Crippen molar-refractivity contribution in [2.75, 3.05) is 17.1 Å². The van der Waals surface area contributed by atoms with E-state index in [-0.39, 0.29) is 17.8 Å². The molecule has 3 N–H and O–H groups in total. The third-order valence-electron chi connectivity index (χ3n) is 6.54. The molecule has 11 nitrogen and oxygen atoms in total. The number of carbonyl (C=O) groups excluding carboxylic acids is 1. The second-order valence-corrected chi connectivity index (χ2v) is 11.5. The number of nitrogens with zero attached hydrogens (tertiary/aromatic N) is 5. The highest BCUT2D eigenvalue weighted by atomic mass is 32.2. The SMILES string of the molecule is Cc1ccc(-c2oc3nc(N(CCCCc4nn[nH]n4)S(C)(=O)=O)c(CC4CC4)cc3c2C(N)=O)cc1. The number of hydrogen-bond acceptors (Lipinski definition) is 8. The molecule has 3 aromatic heterocycles. The van der Waals surface area contributed by atoms with E-state index in [1.54, 1.807) is 0 Å². The van der Waals surface area contributed by atoms with Gasteiger partial charge in [-0.15, -0.1) is 10.2 Å². The molecule has 0 atom stereocenters. The van der Waals surface area contributed by atoms with Crippen molar-refractivity contribution >= 4 is 32.8 Å². The average Bonchev–Trinajstić information content (AvgIpc) is 3.35. The molecule has 1 saturated carbocycles. The molecular formula is C25H29N7O4S. The summed E-state index contributed by atoms with van der Waals surface area (Å²) in [6.45, 7) is 2.21. The van der Waals surface area contributed by atoms with Gasteiger partial charge < -0.3 is 10.2 Å². The van der Waals surface area contributed by atoms with Gasteiger partial charge >= 0.3 is 0 Å². The van der Waals surface area contributed by atoms with Crippen LogP contribution in [0.25, 0.3) is 22.4 Å². The van der Waals surface area contributed by atoms with Gasteiger partial charge in [0.15, 0.2) is 5.82 Å². The smallest absolute Gasteiger partial charge is 0.253 e. The first-order valence-electron chi connectivity index (χ1n) is 12.2. The number of anilines is 1. The summed E-state index contributed by atoms with van der Waals surface area (Å²) in [4.78, 5) is 17.2. The van der Waals surface area contributed by atoms with Gasteiger partial charge in [-0.1, -0.05) is 35.0 Å². The quantitative estimate of drug-likeness (QED) is 0.283. The number of aromatic amines is 1. The lowest BCUT2D eigenvalue weighted by Crippen LogP contribution is -2.32. The molecule has 0 spiro atoms. The lowest BCUT2D eigenvalue weighted by atomic mass is 10.0. The molecular weight excluding hydrogens is 494 g/mol. The van der Waals surface area contributed by atoms with Crippen molar-refractivity contribution < 1.29 is 17.6 Å². The molecule has 37 heavy (non-hydrogen) atoms. The highest BCUT2D eigenvalue weighted by Gasteiger charge is 2.30. The number of H-pyrrole nitrogens is 1. The van der Waals surface area contributed by atoms with Crippen LogP contribution in [-0.4, -0.2) is 52.7 Å². The molecule has 0 radical (unpaired) electrons. The summed E-state index contributed by atoms with van der Waals surface area (Å²) in [6, 6.07) is 9.39. The number of aryl methyl sites for hydroxylation is 2. The zero-order chi connectivity index (χ0) is 26.2. The molecule has 0 aliphatic heterocycles. The van der Waals surface area contributed by atoms with Crippen LogP contribution < -0.4 is 10.0 Å². The Morgan fingerprint density at radius 2 is 1.97 bits per heavy atom. The maximum absolute atomic E-state index is 12.9. The van der Waals surface area contributed by atoms with Crippen LogP contribution in [-0.2, 0) is 22.9 Å². The number of nitrogens with two attached hydrogens (primary N) is 1. The first-order chi connectivity index (χ1) is 17.7. The van der Waals surface area contributed by atoms with E-state index < -0.39 is 15.9 Å². The fraction of sp³-hybridized carbons (Fsp3) is 0.400. The zero-order valence-corrected chi connectivity index (χ0v) is 21.6. The lowest BCUT2D eigenvalue weighted by molar-refractivity contribution is 0.100. The maximum Gasteiger partial charge on any atom is 0.253 e. The number of fused-ring (bicyclic) bond motifs is 1. The van der Waals surface area contributed by atoms with Gasteiger partial charge in [0, 0.05) is 18.5 Å². The molecule has 0 bridgehead atoms. The van der Waals surface area contributed by atoms with E-state index in [0.717, 1.165) is 24.0 Å². The number of tetrazole rings is 1. The number of hydrogen-bond donors (Lipinski definition) is 2. The summed E-state index contributed by atoms with van der Waals surface area (Å²) in [5, 5.41) is 14.3. The van der Waals surface area contributed by atoms with Crippen molar-refractivity contribution in [1.82, 2.24) is 25.6 Å². The van der Waals surface area contributed by atoms with Crippen LogP contribution >= 0.6 is 0 Å². The summed E-state index contributed by atoms with van der Waals surface area (Å²) < 4.78 is 33.3. The topological polar surface area (TPSA) is 161 Å². The van der Waals surface area contributed by atoms with Gasteiger partial charge in [0.05, 0.1) is 17.2 Å². The molecule has 4 aromatic rings. The van der Waals surface area contributed by atoms with Gasteiger partial charge in [0.2, 0.25) is 15.7 Å². The second-order valence-electron chi connectivity index (χ2n) is 9.63. The molecule has 0 unspecified atom stereocenters. The molecule has 1 amide bonds. The van der Waals surface area contributed by atoms with E-state index >= 15 is 0 Å². The Morgan fingerprint density at radius 3 is 2.59 bits per heavy atom. The Balaban J connectivity index is 1.56. The zero-order valence-electron chi connectivity index (χ0n) is 20.8. The number of sulfonamides is 1. The summed E-state index contributed by atoms with van der Waals surface area (Å²) in [7, 11) is -3.65. The van der Waals surface area contributed by atoms with E-state index in [0.29, 0.717) is 60.0 Å². The number of pyridine rings is 1.